The van der Waals surface area contributed by atoms with Crippen molar-refractivity contribution in [1.82, 2.24) is 4.72 Å². The number of hydrogen-bond donors (Lipinski definition) is 1. The Morgan fingerprint density at radius 3 is 2.40 bits per heavy atom. The van der Waals surface area contributed by atoms with Gasteiger partial charge in [-0.05, 0) is 53.9 Å². The van der Waals surface area contributed by atoms with E-state index < -0.39 is 10.0 Å². The first-order valence-electron chi connectivity index (χ1n) is 7.89. The molecule has 2 aromatic rings. The molecule has 136 valence electrons. The molecule has 2 rings (SSSR count). The van der Waals surface area contributed by atoms with Crippen LogP contribution in [0.15, 0.2) is 47.4 Å². The van der Waals surface area contributed by atoms with Gasteiger partial charge in [0, 0.05) is 11.6 Å². The van der Waals surface area contributed by atoms with Gasteiger partial charge in [-0.2, -0.15) is 0 Å². The summed E-state index contributed by atoms with van der Waals surface area (Å²) in [5, 5.41) is 0.619. The zero-order valence-corrected chi connectivity index (χ0v) is 16.0. The minimum Gasteiger partial charge on any atom is -0.496 e. The van der Waals surface area contributed by atoms with Gasteiger partial charge in [0.05, 0.1) is 12.0 Å². The van der Waals surface area contributed by atoms with Gasteiger partial charge >= 0.3 is 0 Å². The molecular weight excluding hydrogens is 362 g/mol. The molecular formula is C18H22ClNO4S. The van der Waals surface area contributed by atoms with Crippen LogP contribution in [0.1, 0.15) is 25.3 Å². The molecule has 0 unspecified atom stereocenters. The molecule has 0 aliphatic carbocycles. The third kappa shape index (κ3) is 5.36. The van der Waals surface area contributed by atoms with Gasteiger partial charge in [-0.1, -0.05) is 25.4 Å². The summed E-state index contributed by atoms with van der Waals surface area (Å²) in [7, 11) is -2.04. The first kappa shape index (κ1) is 19.6. The molecule has 0 saturated heterocycles. The van der Waals surface area contributed by atoms with E-state index in [0.717, 1.165) is 5.56 Å². The Morgan fingerprint density at radius 2 is 1.80 bits per heavy atom. The summed E-state index contributed by atoms with van der Waals surface area (Å²) in [5.74, 6) is 1.47. The maximum Gasteiger partial charge on any atom is 0.240 e. The van der Waals surface area contributed by atoms with E-state index in [-0.39, 0.29) is 24.0 Å². The molecule has 0 aromatic heterocycles. The maximum atomic E-state index is 12.4. The van der Waals surface area contributed by atoms with E-state index in [4.69, 9.17) is 21.1 Å². The van der Waals surface area contributed by atoms with Crippen molar-refractivity contribution in [2.24, 2.45) is 0 Å². The van der Waals surface area contributed by atoms with E-state index in [1.54, 1.807) is 43.5 Å². The molecule has 0 heterocycles. The molecule has 1 N–H and O–H groups in total. The van der Waals surface area contributed by atoms with Gasteiger partial charge in [-0.25, -0.2) is 13.1 Å². The summed E-state index contributed by atoms with van der Waals surface area (Å²) in [6, 6.07) is 11.7. The Labute approximate surface area is 154 Å². The number of sulfonamides is 1. The summed E-state index contributed by atoms with van der Waals surface area (Å²) in [4.78, 5) is 0.212. The van der Waals surface area contributed by atoms with Crippen LogP contribution in [0.4, 0.5) is 0 Å². The van der Waals surface area contributed by atoms with Crippen LogP contribution in [0.3, 0.4) is 0 Å². The minimum absolute atomic E-state index is 0.151. The highest BCUT2D eigenvalue weighted by Gasteiger charge is 2.17. The Morgan fingerprint density at radius 1 is 1.12 bits per heavy atom. The number of rotatable bonds is 8. The average Bonchev–Trinajstić information content (AvgIpc) is 2.59. The summed E-state index contributed by atoms with van der Waals surface area (Å²) < 4.78 is 38.2. The van der Waals surface area contributed by atoms with Crippen molar-refractivity contribution < 1.29 is 17.9 Å². The lowest BCUT2D eigenvalue weighted by Crippen LogP contribution is -2.28. The van der Waals surface area contributed by atoms with E-state index in [0.29, 0.717) is 16.5 Å². The molecule has 0 bridgehead atoms. The number of methoxy groups -OCH3 is 1. The Bertz CT molecular complexity index is 804. The molecule has 0 saturated carbocycles. The zero-order chi connectivity index (χ0) is 18.4. The average molecular weight is 384 g/mol. The highest BCUT2D eigenvalue weighted by atomic mass is 35.5. The molecule has 2 aromatic carbocycles. The van der Waals surface area contributed by atoms with Crippen molar-refractivity contribution in [3.63, 3.8) is 0 Å². The predicted octanol–water partition coefficient (Wildman–Crippen LogP) is 3.83. The third-order valence-electron chi connectivity index (χ3n) is 3.61. The van der Waals surface area contributed by atoms with E-state index >= 15 is 0 Å². The fourth-order valence-corrected chi connectivity index (χ4v) is 3.46. The molecule has 0 spiro atoms. The van der Waals surface area contributed by atoms with Gasteiger partial charge in [0.2, 0.25) is 10.0 Å². The first-order valence-corrected chi connectivity index (χ1v) is 9.75. The predicted molar refractivity (Wildman–Crippen MR) is 99.2 cm³/mol. The number of hydrogen-bond acceptors (Lipinski definition) is 4. The van der Waals surface area contributed by atoms with Crippen molar-refractivity contribution in [3.8, 4) is 11.5 Å². The van der Waals surface area contributed by atoms with Crippen LogP contribution in [0.5, 0.6) is 11.5 Å². The first-order chi connectivity index (χ1) is 11.8. The molecule has 0 atom stereocenters. The summed E-state index contributed by atoms with van der Waals surface area (Å²) >= 11 is 5.80. The second-order valence-corrected chi connectivity index (χ2v) is 7.96. The van der Waals surface area contributed by atoms with E-state index in [1.807, 2.05) is 13.8 Å². The monoisotopic (exact) mass is 383 g/mol. The topological polar surface area (TPSA) is 64.6 Å². The van der Waals surface area contributed by atoms with Crippen LogP contribution >= 0.6 is 11.6 Å². The summed E-state index contributed by atoms with van der Waals surface area (Å²) in [6.45, 7) is 4.35. The van der Waals surface area contributed by atoms with E-state index in [2.05, 4.69) is 4.72 Å². The second-order valence-electron chi connectivity index (χ2n) is 5.76. The van der Waals surface area contributed by atoms with Crippen LogP contribution in [-0.2, 0) is 10.0 Å². The van der Waals surface area contributed by atoms with Crippen molar-refractivity contribution in [3.05, 3.63) is 53.1 Å². The molecule has 0 aliphatic heterocycles. The molecule has 0 fully saturated rings. The summed E-state index contributed by atoms with van der Waals surface area (Å²) in [5.41, 5.74) is 0.850. The van der Waals surface area contributed by atoms with Gasteiger partial charge in [0.25, 0.3) is 0 Å². The van der Waals surface area contributed by atoms with Gasteiger partial charge in [-0.15, -0.1) is 0 Å². The highest BCUT2D eigenvalue weighted by Crippen LogP contribution is 2.28. The molecule has 0 aliphatic rings. The van der Waals surface area contributed by atoms with Crippen LogP contribution in [0.25, 0.3) is 0 Å². The molecule has 7 heteroatoms. The SMILES string of the molecule is COc1ccc(S(=O)(=O)NCCOc2ccc(Cl)cc2)cc1C(C)C. The third-order valence-corrected chi connectivity index (χ3v) is 5.32. The lowest BCUT2D eigenvalue weighted by atomic mass is 10.0. The molecule has 0 amide bonds. The Hall–Kier alpha value is -1.76. The largest absolute Gasteiger partial charge is 0.496 e. The highest BCUT2D eigenvalue weighted by molar-refractivity contribution is 7.89. The van der Waals surface area contributed by atoms with Gasteiger partial charge in [0.1, 0.15) is 18.1 Å². The van der Waals surface area contributed by atoms with Crippen molar-refractivity contribution >= 4 is 21.6 Å². The molecule has 5 nitrogen and oxygen atoms in total. The number of ether oxygens (including phenoxy) is 2. The van der Waals surface area contributed by atoms with Crippen molar-refractivity contribution in [2.45, 2.75) is 24.7 Å². The van der Waals surface area contributed by atoms with Gasteiger partial charge < -0.3 is 9.47 Å². The lowest BCUT2D eigenvalue weighted by Gasteiger charge is -2.14. The fourth-order valence-electron chi connectivity index (χ4n) is 2.29. The van der Waals surface area contributed by atoms with Gasteiger partial charge in [0.15, 0.2) is 0 Å². The Balaban J connectivity index is 1.99. The standard InChI is InChI=1S/C18H22ClNO4S/c1-13(2)17-12-16(8-9-18(17)23-3)25(21,22)20-10-11-24-15-6-4-14(19)5-7-15/h4-9,12-13,20H,10-11H2,1-3H3. The summed E-state index contributed by atoms with van der Waals surface area (Å²) in [6.07, 6.45) is 0. The van der Waals surface area contributed by atoms with Crippen molar-refractivity contribution in [1.29, 1.82) is 0 Å². The molecule has 25 heavy (non-hydrogen) atoms. The Kier molecular flexibility index (Phi) is 6.70. The van der Waals surface area contributed by atoms with E-state index in [9.17, 15) is 8.42 Å². The minimum atomic E-state index is -3.61. The van der Waals surface area contributed by atoms with Gasteiger partial charge in [-0.3, -0.25) is 0 Å². The maximum absolute atomic E-state index is 12.4. The lowest BCUT2D eigenvalue weighted by molar-refractivity contribution is 0.323. The number of benzene rings is 2. The normalized spacial score (nSPS) is 11.6. The zero-order valence-electron chi connectivity index (χ0n) is 14.5. The quantitative estimate of drug-likeness (QED) is 0.703. The van der Waals surface area contributed by atoms with Crippen LogP contribution in [-0.4, -0.2) is 28.7 Å². The van der Waals surface area contributed by atoms with Crippen LogP contribution < -0.4 is 14.2 Å². The van der Waals surface area contributed by atoms with E-state index in [1.165, 1.54) is 6.07 Å². The smallest absolute Gasteiger partial charge is 0.240 e. The van der Waals surface area contributed by atoms with Crippen LogP contribution in [0.2, 0.25) is 5.02 Å². The number of nitrogens with one attached hydrogen (secondary N) is 1. The van der Waals surface area contributed by atoms with Crippen LogP contribution in [0, 0.1) is 0 Å². The number of halogens is 1. The second kappa shape index (κ2) is 8.56. The molecule has 0 radical (unpaired) electrons. The fraction of sp³-hybridized carbons (Fsp3) is 0.333. The van der Waals surface area contributed by atoms with Crippen molar-refractivity contribution in [2.75, 3.05) is 20.3 Å².